The summed E-state index contributed by atoms with van der Waals surface area (Å²) in [4.78, 5) is 27.8. The van der Waals surface area contributed by atoms with E-state index in [0.29, 0.717) is 13.1 Å². The molecule has 6 heteroatoms. The number of hydrogen-bond acceptors (Lipinski definition) is 3. The number of carbonyl (C=O) groups excluding carboxylic acids is 2. The van der Waals surface area contributed by atoms with Crippen molar-refractivity contribution in [2.75, 3.05) is 37.6 Å². The van der Waals surface area contributed by atoms with Crippen LogP contribution in [0.3, 0.4) is 0 Å². The molecule has 1 aromatic rings. The molecule has 0 saturated carbocycles. The number of likely N-dealkylation sites (N-methyl/N-ethyl adjacent to an activating group) is 1. The Labute approximate surface area is 137 Å². The average Bonchev–Trinajstić information content (AvgIpc) is 3.03. The van der Waals surface area contributed by atoms with Gasteiger partial charge in [0.15, 0.2) is 0 Å². The monoisotopic (exact) mass is 318 g/mol. The van der Waals surface area contributed by atoms with Gasteiger partial charge in [-0.15, -0.1) is 0 Å². The van der Waals surface area contributed by atoms with Gasteiger partial charge in [0.2, 0.25) is 5.91 Å². The summed E-state index contributed by atoms with van der Waals surface area (Å²) in [6, 6.07) is 10.0. The highest BCUT2D eigenvalue weighted by atomic mass is 16.2. The first-order valence-corrected chi connectivity index (χ1v) is 8.26. The van der Waals surface area contributed by atoms with Crippen molar-refractivity contribution in [1.82, 2.24) is 15.5 Å². The molecule has 23 heavy (non-hydrogen) atoms. The van der Waals surface area contributed by atoms with Crippen LogP contribution in [0.2, 0.25) is 0 Å². The highest BCUT2D eigenvalue weighted by Gasteiger charge is 2.24. The Morgan fingerprint density at radius 2 is 1.91 bits per heavy atom. The van der Waals surface area contributed by atoms with Gasteiger partial charge in [-0.2, -0.15) is 0 Å². The second-order valence-electron chi connectivity index (χ2n) is 5.66. The largest absolute Gasteiger partial charge is 0.369 e. The molecule has 0 radical (unpaired) electrons. The molecule has 3 amide bonds. The van der Waals surface area contributed by atoms with E-state index in [0.717, 1.165) is 19.5 Å². The minimum Gasteiger partial charge on any atom is -0.369 e. The molecule has 1 aliphatic heterocycles. The lowest BCUT2D eigenvalue weighted by atomic mass is 10.3. The Hall–Kier alpha value is -2.24. The molecule has 0 spiro atoms. The van der Waals surface area contributed by atoms with Crippen molar-refractivity contribution >= 4 is 17.6 Å². The molecule has 1 atom stereocenters. The molecule has 0 unspecified atom stereocenters. The number of nitrogens with one attached hydrogen (secondary N) is 2. The lowest BCUT2D eigenvalue weighted by Crippen LogP contribution is -2.47. The maximum absolute atomic E-state index is 11.9. The first-order chi connectivity index (χ1) is 11.1. The maximum Gasteiger partial charge on any atom is 0.315 e. The van der Waals surface area contributed by atoms with Gasteiger partial charge in [-0.05, 0) is 32.4 Å². The van der Waals surface area contributed by atoms with Gasteiger partial charge in [-0.25, -0.2) is 4.79 Å². The van der Waals surface area contributed by atoms with E-state index in [2.05, 4.69) is 27.7 Å². The minimum absolute atomic E-state index is 0.0443. The Morgan fingerprint density at radius 1 is 1.22 bits per heavy atom. The number of amides is 3. The standard InChI is InChI=1S/C17H26N4O2/c1-3-20(4-2)16(22)12-18-17(23)19-14-10-11-21(13-14)15-8-6-5-7-9-15/h5-9,14H,3-4,10-13H2,1-2H3,(H2,18,19,23)/t14-/m1/s1. The summed E-state index contributed by atoms with van der Waals surface area (Å²) in [7, 11) is 0. The number of urea groups is 1. The normalized spacial score (nSPS) is 17.0. The van der Waals surface area contributed by atoms with E-state index in [4.69, 9.17) is 0 Å². The van der Waals surface area contributed by atoms with Crippen LogP contribution in [0.15, 0.2) is 30.3 Å². The van der Waals surface area contributed by atoms with Gasteiger partial charge in [0.05, 0.1) is 6.54 Å². The topological polar surface area (TPSA) is 64.7 Å². The van der Waals surface area contributed by atoms with Crippen LogP contribution in [0.5, 0.6) is 0 Å². The van der Waals surface area contributed by atoms with Crippen LogP contribution < -0.4 is 15.5 Å². The van der Waals surface area contributed by atoms with Gasteiger partial charge in [0, 0.05) is 37.9 Å². The number of para-hydroxylation sites is 1. The SMILES string of the molecule is CCN(CC)C(=O)CNC(=O)N[C@@H]1CCN(c2ccccc2)C1. The molecule has 6 nitrogen and oxygen atoms in total. The zero-order valence-corrected chi connectivity index (χ0v) is 13.9. The van der Waals surface area contributed by atoms with Gasteiger partial charge in [0.1, 0.15) is 0 Å². The van der Waals surface area contributed by atoms with Gasteiger partial charge < -0.3 is 20.4 Å². The molecule has 2 rings (SSSR count). The van der Waals surface area contributed by atoms with Gasteiger partial charge in [-0.3, -0.25) is 4.79 Å². The van der Waals surface area contributed by atoms with Crippen molar-refractivity contribution in [3.05, 3.63) is 30.3 Å². The lowest BCUT2D eigenvalue weighted by Gasteiger charge is -2.20. The summed E-state index contributed by atoms with van der Waals surface area (Å²) in [5.74, 6) is -0.0533. The second kappa shape index (κ2) is 8.41. The summed E-state index contributed by atoms with van der Waals surface area (Å²) < 4.78 is 0. The van der Waals surface area contributed by atoms with Gasteiger partial charge >= 0.3 is 6.03 Å². The van der Waals surface area contributed by atoms with Crippen LogP contribution in [0, 0.1) is 0 Å². The molecule has 2 N–H and O–H groups in total. The third-order valence-corrected chi connectivity index (χ3v) is 4.16. The Kier molecular flexibility index (Phi) is 6.26. The number of rotatable bonds is 6. The number of carbonyl (C=O) groups is 2. The number of hydrogen-bond donors (Lipinski definition) is 2. The highest BCUT2D eigenvalue weighted by molar-refractivity contribution is 5.84. The van der Waals surface area contributed by atoms with E-state index in [9.17, 15) is 9.59 Å². The van der Waals surface area contributed by atoms with Crippen molar-refractivity contribution in [3.63, 3.8) is 0 Å². The Balaban J connectivity index is 1.73. The molecule has 1 heterocycles. The van der Waals surface area contributed by atoms with Crippen LogP contribution >= 0.6 is 0 Å². The van der Waals surface area contributed by atoms with E-state index in [1.54, 1.807) is 4.90 Å². The summed E-state index contributed by atoms with van der Waals surface area (Å²) in [6.45, 7) is 6.94. The molecule has 126 valence electrons. The first kappa shape index (κ1) is 17.1. The predicted molar refractivity (Wildman–Crippen MR) is 91.5 cm³/mol. The van der Waals surface area contributed by atoms with Crippen molar-refractivity contribution in [3.8, 4) is 0 Å². The van der Waals surface area contributed by atoms with Gasteiger partial charge in [-0.1, -0.05) is 18.2 Å². The second-order valence-corrected chi connectivity index (χ2v) is 5.66. The van der Waals surface area contributed by atoms with Crippen LogP contribution in [-0.4, -0.2) is 55.6 Å². The predicted octanol–water partition coefficient (Wildman–Crippen LogP) is 1.43. The number of nitrogens with zero attached hydrogens (tertiary/aromatic N) is 2. The summed E-state index contributed by atoms with van der Waals surface area (Å²) in [5.41, 5.74) is 1.17. The summed E-state index contributed by atoms with van der Waals surface area (Å²) in [5, 5.41) is 5.60. The first-order valence-electron chi connectivity index (χ1n) is 8.26. The average molecular weight is 318 g/mol. The van der Waals surface area contributed by atoms with Gasteiger partial charge in [0.25, 0.3) is 0 Å². The molecule has 0 bridgehead atoms. The molecule has 1 fully saturated rings. The lowest BCUT2D eigenvalue weighted by molar-refractivity contribution is -0.129. The van der Waals surface area contributed by atoms with Crippen LogP contribution in [0.4, 0.5) is 10.5 Å². The molecule has 1 aromatic carbocycles. The van der Waals surface area contributed by atoms with Crippen LogP contribution in [0.25, 0.3) is 0 Å². The van der Waals surface area contributed by atoms with E-state index in [1.165, 1.54) is 5.69 Å². The number of benzene rings is 1. The Morgan fingerprint density at radius 3 is 2.57 bits per heavy atom. The fourth-order valence-corrected chi connectivity index (χ4v) is 2.83. The minimum atomic E-state index is -0.273. The smallest absolute Gasteiger partial charge is 0.315 e. The molecular weight excluding hydrogens is 292 g/mol. The van der Waals surface area contributed by atoms with Crippen molar-refractivity contribution in [2.24, 2.45) is 0 Å². The van der Waals surface area contributed by atoms with E-state index in [1.807, 2.05) is 32.0 Å². The maximum atomic E-state index is 11.9. The molecular formula is C17H26N4O2. The fourth-order valence-electron chi connectivity index (χ4n) is 2.83. The van der Waals surface area contributed by atoms with Crippen LogP contribution in [-0.2, 0) is 4.79 Å². The molecule has 1 saturated heterocycles. The van der Waals surface area contributed by atoms with Crippen molar-refractivity contribution < 1.29 is 9.59 Å². The fraction of sp³-hybridized carbons (Fsp3) is 0.529. The third-order valence-electron chi connectivity index (χ3n) is 4.16. The quantitative estimate of drug-likeness (QED) is 0.834. The zero-order chi connectivity index (χ0) is 16.7. The van der Waals surface area contributed by atoms with Crippen molar-refractivity contribution in [2.45, 2.75) is 26.3 Å². The third kappa shape index (κ3) is 4.87. The van der Waals surface area contributed by atoms with Crippen LogP contribution in [0.1, 0.15) is 20.3 Å². The molecule has 0 aliphatic carbocycles. The Bertz CT molecular complexity index is 517. The molecule has 0 aromatic heterocycles. The highest BCUT2D eigenvalue weighted by Crippen LogP contribution is 2.19. The number of anilines is 1. The summed E-state index contributed by atoms with van der Waals surface area (Å²) >= 11 is 0. The van der Waals surface area contributed by atoms with E-state index < -0.39 is 0 Å². The molecule has 1 aliphatic rings. The van der Waals surface area contributed by atoms with E-state index >= 15 is 0 Å². The summed E-state index contributed by atoms with van der Waals surface area (Å²) in [6.07, 6.45) is 0.909. The van der Waals surface area contributed by atoms with Crippen molar-refractivity contribution in [1.29, 1.82) is 0 Å². The van der Waals surface area contributed by atoms with E-state index in [-0.39, 0.29) is 24.5 Å². The zero-order valence-electron chi connectivity index (χ0n) is 13.9.